The minimum Gasteiger partial charge on any atom is -0.389 e. The standard InChI is InChI=1S/C13H20N2O3/c1-10-4-6-11(7-5-10)14-13(17)15(2)8-12(16)9-18-3/h4-7,12,16H,8-9H2,1-3H3,(H,14,17). The van der Waals surface area contributed by atoms with Crippen molar-refractivity contribution in [1.82, 2.24) is 4.90 Å². The van der Waals surface area contributed by atoms with E-state index < -0.39 is 6.10 Å². The van der Waals surface area contributed by atoms with Crippen LogP contribution in [0.5, 0.6) is 0 Å². The molecule has 0 saturated carbocycles. The third-order valence-corrected chi connectivity index (χ3v) is 2.49. The van der Waals surface area contributed by atoms with Crippen LogP contribution in [0.25, 0.3) is 0 Å². The van der Waals surface area contributed by atoms with Crippen LogP contribution in [0.3, 0.4) is 0 Å². The van der Waals surface area contributed by atoms with Crippen LogP contribution in [0.1, 0.15) is 5.56 Å². The summed E-state index contributed by atoms with van der Waals surface area (Å²) in [5.41, 5.74) is 1.87. The minimum absolute atomic E-state index is 0.210. The third kappa shape index (κ3) is 4.73. The number of ether oxygens (including phenoxy) is 1. The third-order valence-electron chi connectivity index (χ3n) is 2.49. The summed E-state index contributed by atoms with van der Waals surface area (Å²) >= 11 is 0. The van der Waals surface area contributed by atoms with Crippen molar-refractivity contribution in [1.29, 1.82) is 0 Å². The fourth-order valence-corrected chi connectivity index (χ4v) is 1.50. The molecule has 0 fully saturated rings. The molecule has 0 saturated heterocycles. The Morgan fingerprint density at radius 2 is 2.06 bits per heavy atom. The van der Waals surface area contributed by atoms with Gasteiger partial charge in [0.15, 0.2) is 0 Å². The Kier molecular flexibility index (Phi) is 5.61. The van der Waals surface area contributed by atoms with E-state index in [0.29, 0.717) is 0 Å². The van der Waals surface area contributed by atoms with Gasteiger partial charge in [0.25, 0.3) is 0 Å². The Balaban J connectivity index is 2.46. The first kappa shape index (κ1) is 14.5. The zero-order valence-electron chi connectivity index (χ0n) is 11.0. The normalized spacial score (nSPS) is 12.0. The first-order valence-corrected chi connectivity index (χ1v) is 5.78. The molecule has 2 amide bonds. The number of carbonyl (C=O) groups excluding carboxylic acids is 1. The first-order chi connectivity index (χ1) is 8.52. The summed E-state index contributed by atoms with van der Waals surface area (Å²) < 4.78 is 4.81. The maximum absolute atomic E-state index is 11.8. The van der Waals surface area contributed by atoms with E-state index in [0.717, 1.165) is 11.3 Å². The number of benzene rings is 1. The van der Waals surface area contributed by atoms with Crippen LogP contribution in [0.4, 0.5) is 10.5 Å². The van der Waals surface area contributed by atoms with Crippen molar-refractivity contribution in [3.05, 3.63) is 29.8 Å². The van der Waals surface area contributed by atoms with Crippen molar-refractivity contribution >= 4 is 11.7 Å². The number of hydrogen-bond donors (Lipinski definition) is 2. The molecule has 1 unspecified atom stereocenters. The number of amides is 2. The maximum atomic E-state index is 11.8. The molecule has 1 rings (SSSR count). The molecule has 0 bridgehead atoms. The number of rotatable bonds is 5. The Morgan fingerprint density at radius 1 is 1.44 bits per heavy atom. The first-order valence-electron chi connectivity index (χ1n) is 5.78. The highest BCUT2D eigenvalue weighted by Crippen LogP contribution is 2.09. The molecule has 2 N–H and O–H groups in total. The zero-order valence-corrected chi connectivity index (χ0v) is 11.0. The molecule has 5 nitrogen and oxygen atoms in total. The van der Waals surface area contributed by atoms with E-state index in [1.807, 2.05) is 31.2 Å². The smallest absolute Gasteiger partial charge is 0.321 e. The molecule has 1 aromatic rings. The minimum atomic E-state index is -0.677. The topological polar surface area (TPSA) is 61.8 Å². The molecule has 1 atom stereocenters. The summed E-state index contributed by atoms with van der Waals surface area (Å²) in [6, 6.07) is 7.28. The monoisotopic (exact) mass is 252 g/mol. The van der Waals surface area contributed by atoms with E-state index >= 15 is 0 Å². The van der Waals surface area contributed by atoms with E-state index in [4.69, 9.17) is 4.74 Å². The van der Waals surface area contributed by atoms with E-state index in [2.05, 4.69) is 5.32 Å². The lowest BCUT2D eigenvalue weighted by Crippen LogP contribution is -2.38. The Hall–Kier alpha value is -1.59. The quantitative estimate of drug-likeness (QED) is 0.834. The number of aryl methyl sites for hydroxylation is 1. The molecule has 0 aliphatic carbocycles. The van der Waals surface area contributed by atoms with Gasteiger partial charge in [0.1, 0.15) is 0 Å². The van der Waals surface area contributed by atoms with E-state index in [1.54, 1.807) is 7.05 Å². The van der Waals surface area contributed by atoms with Gasteiger partial charge in [-0.1, -0.05) is 17.7 Å². The number of aliphatic hydroxyl groups excluding tert-OH is 1. The number of likely N-dealkylation sites (N-methyl/N-ethyl adjacent to an activating group) is 1. The average molecular weight is 252 g/mol. The number of nitrogens with zero attached hydrogens (tertiary/aromatic N) is 1. The lowest BCUT2D eigenvalue weighted by atomic mass is 10.2. The average Bonchev–Trinajstić information content (AvgIpc) is 2.32. The van der Waals surface area contributed by atoms with Gasteiger partial charge in [0.2, 0.25) is 0 Å². The van der Waals surface area contributed by atoms with E-state index in [9.17, 15) is 9.90 Å². The summed E-state index contributed by atoms with van der Waals surface area (Å²) in [6.45, 7) is 2.42. The van der Waals surface area contributed by atoms with Crippen LogP contribution in [-0.4, -0.2) is 49.5 Å². The fourth-order valence-electron chi connectivity index (χ4n) is 1.50. The van der Waals surface area contributed by atoms with Crippen LogP contribution in [-0.2, 0) is 4.74 Å². The predicted molar refractivity (Wildman–Crippen MR) is 70.7 cm³/mol. The van der Waals surface area contributed by atoms with Crippen molar-refractivity contribution < 1.29 is 14.6 Å². The predicted octanol–water partition coefficient (Wildman–Crippen LogP) is 1.47. The number of methoxy groups -OCH3 is 1. The van der Waals surface area contributed by atoms with Crippen molar-refractivity contribution in [2.45, 2.75) is 13.0 Å². The molecule has 1 aromatic carbocycles. The van der Waals surface area contributed by atoms with Gasteiger partial charge in [0.05, 0.1) is 19.3 Å². The van der Waals surface area contributed by atoms with Gasteiger partial charge < -0.3 is 20.1 Å². The Bertz CT molecular complexity index is 378. The second-order valence-electron chi connectivity index (χ2n) is 4.29. The van der Waals surface area contributed by atoms with Gasteiger partial charge in [-0.2, -0.15) is 0 Å². The lowest BCUT2D eigenvalue weighted by molar-refractivity contribution is 0.0501. The molecule has 100 valence electrons. The lowest BCUT2D eigenvalue weighted by Gasteiger charge is -2.21. The summed E-state index contributed by atoms with van der Waals surface area (Å²) in [5, 5.41) is 12.3. The molecular formula is C13H20N2O3. The number of urea groups is 1. The number of hydrogen-bond acceptors (Lipinski definition) is 3. The number of nitrogens with one attached hydrogen (secondary N) is 1. The van der Waals surface area contributed by atoms with Crippen LogP contribution in [0.2, 0.25) is 0 Å². The fraction of sp³-hybridized carbons (Fsp3) is 0.462. The summed E-state index contributed by atoms with van der Waals surface area (Å²) in [7, 11) is 3.14. The van der Waals surface area contributed by atoms with Gasteiger partial charge >= 0.3 is 6.03 Å². The van der Waals surface area contributed by atoms with Crippen molar-refractivity contribution in [2.75, 3.05) is 32.6 Å². The van der Waals surface area contributed by atoms with Crippen LogP contribution in [0.15, 0.2) is 24.3 Å². The number of carbonyl (C=O) groups is 1. The number of aliphatic hydroxyl groups is 1. The van der Waals surface area contributed by atoms with Gasteiger partial charge in [-0.15, -0.1) is 0 Å². The summed E-state index contributed by atoms with van der Waals surface area (Å²) in [6.07, 6.45) is -0.677. The SMILES string of the molecule is COCC(O)CN(C)C(=O)Nc1ccc(C)cc1. The Labute approximate surface area is 107 Å². The van der Waals surface area contributed by atoms with Gasteiger partial charge in [-0.05, 0) is 19.1 Å². The molecule has 0 aliphatic rings. The van der Waals surface area contributed by atoms with Crippen LogP contribution >= 0.6 is 0 Å². The largest absolute Gasteiger partial charge is 0.389 e. The van der Waals surface area contributed by atoms with Gasteiger partial charge in [-0.25, -0.2) is 4.79 Å². The molecule has 0 aromatic heterocycles. The molecule has 0 heterocycles. The molecular weight excluding hydrogens is 232 g/mol. The van der Waals surface area contributed by atoms with Crippen molar-refractivity contribution in [3.8, 4) is 0 Å². The second kappa shape index (κ2) is 6.98. The summed E-state index contributed by atoms with van der Waals surface area (Å²) in [5.74, 6) is 0. The maximum Gasteiger partial charge on any atom is 0.321 e. The van der Waals surface area contributed by atoms with Gasteiger partial charge in [-0.3, -0.25) is 0 Å². The van der Waals surface area contributed by atoms with Gasteiger partial charge in [0, 0.05) is 19.8 Å². The molecule has 18 heavy (non-hydrogen) atoms. The van der Waals surface area contributed by atoms with E-state index in [-0.39, 0.29) is 19.2 Å². The highest BCUT2D eigenvalue weighted by atomic mass is 16.5. The number of anilines is 1. The zero-order chi connectivity index (χ0) is 13.5. The summed E-state index contributed by atoms with van der Waals surface area (Å²) in [4.78, 5) is 13.2. The van der Waals surface area contributed by atoms with Crippen molar-refractivity contribution in [3.63, 3.8) is 0 Å². The Morgan fingerprint density at radius 3 is 2.61 bits per heavy atom. The molecule has 5 heteroatoms. The van der Waals surface area contributed by atoms with E-state index in [1.165, 1.54) is 12.0 Å². The second-order valence-corrected chi connectivity index (χ2v) is 4.29. The highest BCUT2D eigenvalue weighted by molar-refractivity contribution is 5.89. The highest BCUT2D eigenvalue weighted by Gasteiger charge is 2.13. The molecule has 0 radical (unpaired) electrons. The van der Waals surface area contributed by atoms with Crippen LogP contribution in [0, 0.1) is 6.92 Å². The van der Waals surface area contributed by atoms with Crippen LogP contribution < -0.4 is 5.32 Å². The molecule has 0 aliphatic heterocycles. The molecule has 0 spiro atoms. The van der Waals surface area contributed by atoms with Crippen molar-refractivity contribution in [2.24, 2.45) is 0 Å².